The lowest BCUT2D eigenvalue weighted by Crippen LogP contribution is -2.43. The zero-order chi connectivity index (χ0) is 30.8. The Labute approximate surface area is 256 Å². The van der Waals surface area contributed by atoms with Crippen LogP contribution < -0.4 is 10.1 Å². The Bertz CT molecular complexity index is 1440. The normalized spacial score (nSPS) is 14.4. The average molecular weight is 606 g/mol. The van der Waals surface area contributed by atoms with E-state index in [0.29, 0.717) is 37.7 Å². The van der Waals surface area contributed by atoms with Crippen molar-refractivity contribution >= 4 is 21.8 Å². The van der Waals surface area contributed by atoms with Crippen LogP contribution in [-0.4, -0.2) is 56.2 Å². The SMILES string of the molecule is COc1ccc(CN(C(=O)CCc2ccc(S(=O)(=O)N3CCCC3)cc2)[C@H](C(=O)NCCC(C)C)c2ccccc2)cc1. The first kappa shape index (κ1) is 32.2. The van der Waals surface area contributed by atoms with Gasteiger partial charge in [-0.15, -0.1) is 0 Å². The molecule has 4 rings (SSSR count). The molecule has 0 aromatic heterocycles. The third-order valence-electron chi connectivity index (χ3n) is 7.78. The van der Waals surface area contributed by atoms with Crippen LogP contribution in [0.1, 0.15) is 62.3 Å². The first-order chi connectivity index (χ1) is 20.7. The van der Waals surface area contributed by atoms with Gasteiger partial charge in [-0.2, -0.15) is 4.31 Å². The number of ether oxygens (including phenoxy) is 1. The molecule has 0 unspecified atom stereocenters. The van der Waals surface area contributed by atoms with E-state index >= 15 is 0 Å². The van der Waals surface area contributed by atoms with Gasteiger partial charge < -0.3 is 15.0 Å². The second kappa shape index (κ2) is 15.2. The number of methoxy groups -OCH3 is 1. The van der Waals surface area contributed by atoms with Gasteiger partial charge in [-0.3, -0.25) is 9.59 Å². The van der Waals surface area contributed by atoms with Crippen LogP contribution in [0.3, 0.4) is 0 Å². The molecule has 1 N–H and O–H groups in total. The Morgan fingerprint density at radius 1 is 0.907 bits per heavy atom. The summed E-state index contributed by atoms with van der Waals surface area (Å²) in [6.45, 7) is 6.08. The summed E-state index contributed by atoms with van der Waals surface area (Å²) in [6.07, 6.45) is 3.18. The van der Waals surface area contributed by atoms with Crippen LogP contribution >= 0.6 is 0 Å². The molecule has 43 heavy (non-hydrogen) atoms. The van der Waals surface area contributed by atoms with Gasteiger partial charge in [-0.25, -0.2) is 8.42 Å². The molecule has 1 fully saturated rings. The van der Waals surface area contributed by atoms with Gasteiger partial charge in [0.05, 0.1) is 12.0 Å². The molecule has 0 aliphatic carbocycles. The average Bonchev–Trinajstić information content (AvgIpc) is 3.57. The largest absolute Gasteiger partial charge is 0.497 e. The maximum atomic E-state index is 14.0. The highest BCUT2D eigenvalue weighted by molar-refractivity contribution is 7.89. The monoisotopic (exact) mass is 605 g/mol. The molecule has 1 aliphatic rings. The number of sulfonamides is 1. The van der Waals surface area contributed by atoms with E-state index < -0.39 is 16.1 Å². The smallest absolute Gasteiger partial charge is 0.247 e. The van der Waals surface area contributed by atoms with Crippen molar-refractivity contribution in [2.75, 3.05) is 26.7 Å². The zero-order valence-corrected chi connectivity index (χ0v) is 26.2. The molecule has 0 radical (unpaired) electrons. The van der Waals surface area contributed by atoms with Crippen molar-refractivity contribution < 1.29 is 22.7 Å². The molecule has 1 saturated heterocycles. The zero-order valence-electron chi connectivity index (χ0n) is 25.4. The summed E-state index contributed by atoms with van der Waals surface area (Å²) in [4.78, 5) is 29.6. The van der Waals surface area contributed by atoms with Gasteiger partial charge in [0.1, 0.15) is 11.8 Å². The van der Waals surface area contributed by atoms with Crippen molar-refractivity contribution in [1.29, 1.82) is 0 Å². The summed E-state index contributed by atoms with van der Waals surface area (Å²) in [5.74, 6) is 0.759. The highest BCUT2D eigenvalue weighted by Gasteiger charge is 2.31. The van der Waals surface area contributed by atoms with Gasteiger partial charge >= 0.3 is 0 Å². The minimum absolute atomic E-state index is 0.164. The van der Waals surface area contributed by atoms with Crippen LogP contribution in [-0.2, 0) is 32.6 Å². The van der Waals surface area contributed by atoms with Crippen molar-refractivity contribution in [3.05, 3.63) is 95.6 Å². The molecule has 0 bridgehead atoms. The molecule has 2 amide bonds. The van der Waals surface area contributed by atoms with Crippen LogP contribution in [0.4, 0.5) is 0 Å². The number of rotatable bonds is 14. The number of amides is 2. The van der Waals surface area contributed by atoms with E-state index in [1.54, 1.807) is 36.3 Å². The third-order valence-corrected chi connectivity index (χ3v) is 9.70. The molecule has 0 spiro atoms. The maximum Gasteiger partial charge on any atom is 0.247 e. The first-order valence-electron chi connectivity index (χ1n) is 15.0. The van der Waals surface area contributed by atoms with E-state index in [9.17, 15) is 18.0 Å². The van der Waals surface area contributed by atoms with Crippen molar-refractivity contribution in [2.24, 2.45) is 5.92 Å². The quantitative estimate of drug-likeness (QED) is 0.268. The first-order valence-corrected chi connectivity index (χ1v) is 16.5. The second-order valence-corrected chi connectivity index (χ2v) is 13.3. The number of hydrogen-bond donors (Lipinski definition) is 1. The molecule has 3 aromatic carbocycles. The van der Waals surface area contributed by atoms with Crippen molar-refractivity contribution in [1.82, 2.24) is 14.5 Å². The Morgan fingerprint density at radius 2 is 1.53 bits per heavy atom. The van der Waals surface area contributed by atoms with Crippen LogP contribution in [0.25, 0.3) is 0 Å². The third kappa shape index (κ3) is 8.67. The highest BCUT2D eigenvalue weighted by atomic mass is 32.2. The maximum absolute atomic E-state index is 14.0. The number of carbonyl (C=O) groups is 2. The van der Waals surface area contributed by atoms with Crippen molar-refractivity contribution in [3.63, 3.8) is 0 Å². The number of carbonyl (C=O) groups excluding carboxylic acids is 2. The number of hydrogen-bond acceptors (Lipinski definition) is 5. The van der Waals surface area contributed by atoms with E-state index in [2.05, 4.69) is 19.2 Å². The fraction of sp³-hybridized carbons (Fsp3) is 0.412. The predicted molar refractivity (Wildman–Crippen MR) is 168 cm³/mol. The van der Waals surface area contributed by atoms with Gasteiger partial charge in [-0.05, 0) is 72.6 Å². The topological polar surface area (TPSA) is 96.0 Å². The summed E-state index contributed by atoms with van der Waals surface area (Å²) in [6, 6.07) is 22.9. The summed E-state index contributed by atoms with van der Waals surface area (Å²) < 4.78 is 32.7. The number of benzene rings is 3. The van der Waals surface area contributed by atoms with Gasteiger partial charge in [0.15, 0.2) is 0 Å². The summed E-state index contributed by atoms with van der Waals surface area (Å²) >= 11 is 0. The Balaban J connectivity index is 1.56. The lowest BCUT2D eigenvalue weighted by Gasteiger charge is -2.32. The lowest BCUT2D eigenvalue weighted by molar-refractivity contribution is -0.141. The van der Waals surface area contributed by atoms with Crippen molar-refractivity contribution in [3.8, 4) is 5.75 Å². The molecule has 9 heteroatoms. The van der Waals surface area contributed by atoms with Crippen molar-refractivity contribution in [2.45, 2.75) is 63.4 Å². The molecule has 1 heterocycles. The van der Waals surface area contributed by atoms with Crippen LogP contribution in [0.5, 0.6) is 5.75 Å². The molecular weight excluding hydrogens is 562 g/mol. The Morgan fingerprint density at radius 3 is 2.14 bits per heavy atom. The minimum atomic E-state index is -3.50. The van der Waals surface area contributed by atoms with Gasteiger partial charge in [0, 0.05) is 32.6 Å². The number of nitrogens with zero attached hydrogens (tertiary/aromatic N) is 2. The fourth-order valence-corrected chi connectivity index (χ4v) is 6.76. The summed E-state index contributed by atoms with van der Waals surface area (Å²) in [5.41, 5.74) is 2.47. The lowest BCUT2D eigenvalue weighted by atomic mass is 10.0. The van der Waals surface area contributed by atoms with E-state index in [1.165, 1.54) is 4.31 Å². The molecule has 1 aliphatic heterocycles. The Hall–Kier alpha value is -3.69. The summed E-state index contributed by atoms with van der Waals surface area (Å²) in [5, 5.41) is 3.06. The van der Waals surface area contributed by atoms with E-state index in [1.807, 2.05) is 54.6 Å². The summed E-state index contributed by atoms with van der Waals surface area (Å²) in [7, 11) is -1.90. The number of aryl methyl sites for hydroxylation is 1. The van der Waals surface area contributed by atoms with Crippen LogP contribution in [0.15, 0.2) is 83.8 Å². The van der Waals surface area contributed by atoms with E-state index in [4.69, 9.17) is 4.74 Å². The molecule has 0 saturated carbocycles. The van der Waals surface area contributed by atoms with Gasteiger partial charge in [0.25, 0.3) is 0 Å². The molecular formula is C34H43N3O5S. The highest BCUT2D eigenvalue weighted by Crippen LogP contribution is 2.27. The number of nitrogens with one attached hydrogen (secondary N) is 1. The second-order valence-electron chi connectivity index (χ2n) is 11.4. The fourth-order valence-electron chi connectivity index (χ4n) is 5.24. The Kier molecular flexibility index (Phi) is 11.4. The minimum Gasteiger partial charge on any atom is -0.497 e. The molecule has 8 nitrogen and oxygen atoms in total. The molecule has 230 valence electrons. The van der Waals surface area contributed by atoms with Crippen LogP contribution in [0, 0.1) is 5.92 Å². The van der Waals surface area contributed by atoms with Crippen LogP contribution in [0.2, 0.25) is 0 Å². The molecule has 3 aromatic rings. The van der Waals surface area contributed by atoms with Gasteiger partial charge in [-0.1, -0.05) is 68.4 Å². The predicted octanol–water partition coefficient (Wildman–Crippen LogP) is 5.34. The molecule has 1 atom stereocenters. The van der Waals surface area contributed by atoms with E-state index in [-0.39, 0.29) is 29.7 Å². The van der Waals surface area contributed by atoms with E-state index in [0.717, 1.165) is 36.0 Å². The van der Waals surface area contributed by atoms with Gasteiger partial charge in [0.2, 0.25) is 21.8 Å². The standard InChI is InChI=1S/C34H43N3O5S/c1-26(2)21-22-35-34(39)33(29-9-5-4-6-10-29)37(25-28-11-16-30(42-3)17-12-28)32(38)20-15-27-13-18-31(19-14-27)43(40,41)36-23-7-8-24-36/h4-6,9-14,16-19,26,33H,7-8,15,20-25H2,1-3H3,(H,35,39)/t33-/m0/s1.